The van der Waals surface area contributed by atoms with Crippen LogP contribution >= 0.6 is 0 Å². The number of carbonyl (C=O) groups is 1. The first kappa shape index (κ1) is 11.0. The molecule has 0 aliphatic rings. The number of rotatable bonds is 2. The zero-order valence-electron chi connectivity index (χ0n) is 8.26. The van der Waals surface area contributed by atoms with Crippen LogP contribution in [0.4, 0.5) is 4.79 Å². The van der Waals surface area contributed by atoms with Crippen molar-refractivity contribution in [2.45, 2.75) is 26.3 Å². The van der Waals surface area contributed by atoms with Gasteiger partial charge in [0, 0.05) is 12.6 Å². The van der Waals surface area contributed by atoms with Crippen LogP contribution < -0.4 is 0 Å². The molecule has 0 aliphatic carbocycles. The molecule has 1 amide bonds. The number of carbonyl (C=O) groups excluding carboxylic acids is 1. The van der Waals surface area contributed by atoms with Gasteiger partial charge in [-0.15, -0.1) is 0 Å². The van der Waals surface area contributed by atoms with Crippen molar-refractivity contribution < 1.29 is 9.53 Å². The first-order chi connectivity index (χ1) is 5.39. The quantitative estimate of drug-likeness (QED) is 0.595. The molecule has 0 aromatic rings. The van der Waals surface area contributed by atoms with Crippen molar-refractivity contribution in [3.05, 3.63) is 12.7 Å². The fourth-order valence-electron chi connectivity index (χ4n) is 0.501. The fraction of sp³-hybridized carbons (Fsp3) is 0.667. The van der Waals surface area contributed by atoms with Crippen LogP contribution in [0.2, 0.25) is 0 Å². The largest absolute Gasteiger partial charge is 0.445 e. The van der Waals surface area contributed by atoms with Crippen LogP contribution in [0.5, 0.6) is 0 Å². The zero-order valence-corrected chi connectivity index (χ0v) is 8.26. The molecule has 12 heavy (non-hydrogen) atoms. The Morgan fingerprint density at radius 2 is 2.08 bits per heavy atom. The Hall–Kier alpha value is -0.990. The molecular weight excluding hydrogens is 154 g/mol. The second kappa shape index (κ2) is 4.14. The predicted octanol–water partition coefficient (Wildman–Crippen LogP) is 2.04. The number of nitrogens with zero attached hydrogens (tertiary/aromatic N) is 1. The number of hydrogen-bond donors (Lipinski definition) is 0. The highest BCUT2D eigenvalue weighted by atomic mass is 16.6. The van der Waals surface area contributed by atoms with Crippen LogP contribution in [0.15, 0.2) is 12.7 Å². The lowest BCUT2D eigenvalue weighted by molar-refractivity contribution is 0.0897. The van der Waals surface area contributed by atoms with E-state index >= 15 is 0 Å². The van der Waals surface area contributed by atoms with E-state index in [1.165, 1.54) is 0 Å². The Bertz CT molecular complexity index is 170. The Morgan fingerprint density at radius 3 is 2.42 bits per heavy atom. The number of amides is 1. The summed E-state index contributed by atoms with van der Waals surface area (Å²) in [6.45, 7) is 9.56. The van der Waals surface area contributed by atoms with Gasteiger partial charge in [-0.05, 0) is 20.8 Å². The summed E-state index contributed by atoms with van der Waals surface area (Å²) in [6, 6.07) is 0. The van der Waals surface area contributed by atoms with Crippen molar-refractivity contribution in [2.75, 3.05) is 13.7 Å². The van der Waals surface area contributed by atoms with E-state index in [0.29, 0.717) is 0 Å². The molecule has 0 bridgehead atoms. The van der Waals surface area contributed by atoms with Gasteiger partial charge in [-0.1, -0.05) is 12.7 Å². The Kier molecular flexibility index (Phi) is 3.80. The topological polar surface area (TPSA) is 29.5 Å². The average Bonchev–Trinajstić information content (AvgIpc) is 1.97. The van der Waals surface area contributed by atoms with Crippen LogP contribution in [0.1, 0.15) is 20.8 Å². The summed E-state index contributed by atoms with van der Waals surface area (Å²) in [6.07, 6.45) is 1.23. The molecule has 0 fully saturated rings. The Morgan fingerprint density at radius 1 is 1.58 bits per heavy atom. The third kappa shape index (κ3) is 3.42. The van der Waals surface area contributed by atoms with Gasteiger partial charge >= 0.3 is 6.09 Å². The number of ether oxygens (including phenoxy) is 1. The van der Waals surface area contributed by atoms with Gasteiger partial charge in [0.2, 0.25) is 0 Å². The molecule has 0 unspecified atom stereocenters. The Labute approximate surface area is 74.0 Å². The van der Waals surface area contributed by atoms with Gasteiger partial charge in [0.1, 0.15) is 6.61 Å². The lowest BCUT2D eigenvalue weighted by Gasteiger charge is -2.30. The second-order valence-corrected chi connectivity index (χ2v) is 3.60. The SMILES string of the molecule is C=CCOC(=O)N(C)C(C)(C)C. The molecule has 0 rings (SSSR count). The third-order valence-electron chi connectivity index (χ3n) is 1.60. The van der Waals surface area contributed by atoms with E-state index in [2.05, 4.69) is 6.58 Å². The highest BCUT2D eigenvalue weighted by Crippen LogP contribution is 2.11. The minimum atomic E-state index is -0.317. The van der Waals surface area contributed by atoms with Crippen molar-refractivity contribution in [1.82, 2.24) is 4.90 Å². The molecule has 70 valence electrons. The van der Waals surface area contributed by atoms with Crippen LogP contribution in [0.3, 0.4) is 0 Å². The molecule has 0 heterocycles. The summed E-state index contributed by atoms with van der Waals surface area (Å²) in [7, 11) is 1.71. The summed E-state index contributed by atoms with van der Waals surface area (Å²) in [5.41, 5.74) is -0.196. The van der Waals surface area contributed by atoms with E-state index in [1.54, 1.807) is 18.0 Å². The van der Waals surface area contributed by atoms with E-state index in [0.717, 1.165) is 0 Å². The van der Waals surface area contributed by atoms with Crippen LogP contribution in [0.25, 0.3) is 0 Å². The van der Waals surface area contributed by atoms with Gasteiger partial charge in [0.25, 0.3) is 0 Å². The van der Waals surface area contributed by atoms with E-state index < -0.39 is 0 Å². The Balaban J connectivity index is 4.02. The van der Waals surface area contributed by atoms with Gasteiger partial charge in [-0.3, -0.25) is 0 Å². The molecule has 0 saturated carbocycles. The van der Waals surface area contributed by atoms with Crippen molar-refractivity contribution in [3.63, 3.8) is 0 Å². The summed E-state index contributed by atoms with van der Waals surface area (Å²) in [4.78, 5) is 12.8. The highest BCUT2D eigenvalue weighted by molar-refractivity contribution is 5.68. The molecule has 0 aromatic heterocycles. The molecule has 0 aliphatic heterocycles. The molecule has 3 heteroatoms. The lowest BCUT2D eigenvalue weighted by Crippen LogP contribution is -2.42. The van der Waals surface area contributed by atoms with E-state index in [-0.39, 0.29) is 18.2 Å². The first-order valence-electron chi connectivity index (χ1n) is 3.91. The van der Waals surface area contributed by atoms with Gasteiger partial charge in [-0.25, -0.2) is 4.79 Å². The van der Waals surface area contributed by atoms with E-state index in [9.17, 15) is 4.79 Å². The lowest BCUT2D eigenvalue weighted by atomic mass is 10.1. The van der Waals surface area contributed by atoms with Gasteiger partial charge in [-0.2, -0.15) is 0 Å². The minimum Gasteiger partial charge on any atom is -0.445 e. The van der Waals surface area contributed by atoms with E-state index in [1.807, 2.05) is 20.8 Å². The monoisotopic (exact) mass is 171 g/mol. The smallest absolute Gasteiger partial charge is 0.410 e. The maximum Gasteiger partial charge on any atom is 0.410 e. The molecule has 0 N–H and O–H groups in total. The normalized spacial score (nSPS) is 10.7. The highest BCUT2D eigenvalue weighted by Gasteiger charge is 2.22. The minimum absolute atomic E-state index is 0.196. The maximum absolute atomic E-state index is 11.2. The molecule has 0 radical (unpaired) electrons. The van der Waals surface area contributed by atoms with Crippen molar-refractivity contribution in [1.29, 1.82) is 0 Å². The van der Waals surface area contributed by atoms with Crippen molar-refractivity contribution in [2.24, 2.45) is 0 Å². The van der Waals surface area contributed by atoms with Crippen LogP contribution in [-0.2, 0) is 4.74 Å². The molecular formula is C9H17NO2. The maximum atomic E-state index is 11.2. The van der Waals surface area contributed by atoms with Gasteiger partial charge in [0.05, 0.1) is 0 Å². The standard InChI is InChI=1S/C9H17NO2/c1-6-7-12-8(11)10(5)9(2,3)4/h6H,1,7H2,2-5H3. The summed E-state index contributed by atoms with van der Waals surface area (Å²) >= 11 is 0. The molecule has 0 spiro atoms. The van der Waals surface area contributed by atoms with Crippen molar-refractivity contribution >= 4 is 6.09 Å². The van der Waals surface area contributed by atoms with Crippen LogP contribution in [0, 0.1) is 0 Å². The van der Waals surface area contributed by atoms with Crippen molar-refractivity contribution in [3.8, 4) is 0 Å². The summed E-state index contributed by atoms with van der Waals surface area (Å²) in [5.74, 6) is 0. The second-order valence-electron chi connectivity index (χ2n) is 3.60. The first-order valence-corrected chi connectivity index (χ1v) is 3.91. The average molecular weight is 171 g/mol. The van der Waals surface area contributed by atoms with Gasteiger partial charge in [0.15, 0.2) is 0 Å². The van der Waals surface area contributed by atoms with E-state index in [4.69, 9.17) is 4.74 Å². The molecule has 3 nitrogen and oxygen atoms in total. The fourth-order valence-corrected chi connectivity index (χ4v) is 0.501. The molecule has 0 atom stereocenters. The molecule has 0 aromatic carbocycles. The summed E-state index contributed by atoms with van der Waals surface area (Å²) < 4.78 is 4.85. The number of hydrogen-bond acceptors (Lipinski definition) is 2. The summed E-state index contributed by atoms with van der Waals surface area (Å²) in [5, 5.41) is 0. The zero-order chi connectivity index (χ0) is 9.78. The third-order valence-corrected chi connectivity index (χ3v) is 1.60. The molecule has 0 saturated heterocycles. The van der Waals surface area contributed by atoms with Crippen LogP contribution in [-0.4, -0.2) is 30.2 Å². The van der Waals surface area contributed by atoms with Gasteiger partial charge < -0.3 is 9.64 Å². The predicted molar refractivity (Wildman–Crippen MR) is 49.1 cm³/mol.